The van der Waals surface area contributed by atoms with E-state index >= 15 is 0 Å². The van der Waals surface area contributed by atoms with E-state index < -0.39 is 0 Å². The van der Waals surface area contributed by atoms with E-state index in [-0.39, 0.29) is 5.75 Å². The first-order valence-corrected chi connectivity index (χ1v) is 15.8. The summed E-state index contributed by atoms with van der Waals surface area (Å²) < 4.78 is 8.36. The molecule has 5 nitrogen and oxygen atoms in total. The first kappa shape index (κ1) is 27.4. The highest BCUT2D eigenvalue weighted by Gasteiger charge is 2.23. The number of benzene rings is 4. The molecule has 7 aromatic rings. The van der Waals surface area contributed by atoms with Crippen LogP contribution in [0, 0.1) is 0 Å². The van der Waals surface area contributed by atoms with Gasteiger partial charge >= 0.3 is 0 Å². The first-order valence-electron chi connectivity index (χ1n) is 15.8. The fourth-order valence-electron chi connectivity index (χ4n) is 6.62. The summed E-state index contributed by atoms with van der Waals surface area (Å²) in [6, 6.07) is 31.3. The molecule has 3 aromatic heterocycles. The lowest BCUT2D eigenvalue weighted by atomic mass is 9.88. The zero-order valence-corrected chi connectivity index (χ0v) is 26.0. The standard InChI is InChI=1S/C40H35N3O2/c1-23(2)28-18-29(24(3)4)20-30(19-28)43-22-34(33-16-14-26-13-12-25-8-7-10-35(44)38(25)39(26)41-33)42-40(43)27-15-17-37-32(21-27)31-9-5-6-11-36(31)45-37/h5-11,14-24,44H,12-13H2,1-4H3. The summed E-state index contributed by atoms with van der Waals surface area (Å²) >= 11 is 0. The van der Waals surface area contributed by atoms with Crippen LogP contribution in [0.5, 0.6) is 5.75 Å². The highest BCUT2D eigenvalue weighted by atomic mass is 16.3. The number of phenolic OH excluding ortho intramolecular Hbond substituents is 1. The normalized spacial score (nSPS) is 12.8. The smallest absolute Gasteiger partial charge is 0.145 e. The summed E-state index contributed by atoms with van der Waals surface area (Å²) in [6.45, 7) is 8.97. The van der Waals surface area contributed by atoms with Crippen molar-refractivity contribution >= 4 is 21.9 Å². The SMILES string of the molecule is CC(C)c1cc(C(C)C)cc(-n2cc(-c3ccc4c(n3)-c3c(O)cccc3CC4)nc2-c2ccc3oc4ccccc4c3c2)c1. The van der Waals surface area contributed by atoms with Gasteiger partial charge < -0.3 is 9.52 Å². The molecule has 1 aliphatic rings. The topological polar surface area (TPSA) is 64.1 Å². The van der Waals surface area contributed by atoms with E-state index in [0.29, 0.717) is 11.8 Å². The number of imidazole rings is 1. The number of hydrogen-bond acceptors (Lipinski definition) is 4. The lowest BCUT2D eigenvalue weighted by molar-refractivity contribution is 0.476. The molecule has 0 unspecified atom stereocenters. The van der Waals surface area contributed by atoms with E-state index in [0.717, 1.165) is 85.6 Å². The third-order valence-electron chi connectivity index (χ3n) is 9.19. The van der Waals surface area contributed by atoms with E-state index in [9.17, 15) is 5.11 Å². The Bertz CT molecular complexity index is 2230. The van der Waals surface area contributed by atoms with Crippen LogP contribution in [0.2, 0.25) is 0 Å². The second-order valence-electron chi connectivity index (χ2n) is 12.8. The Hall–Kier alpha value is -5.16. The monoisotopic (exact) mass is 589 g/mol. The van der Waals surface area contributed by atoms with E-state index in [1.165, 1.54) is 11.1 Å². The molecule has 0 radical (unpaired) electrons. The van der Waals surface area contributed by atoms with E-state index in [4.69, 9.17) is 14.4 Å². The number of pyridine rings is 1. The maximum Gasteiger partial charge on any atom is 0.145 e. The number of rotatable bonds is 5. The fraction of sp³-hybridized carbons (Fsp3) is 0.200. The van der Waals surface area contributed by atoms with Gasteiger partial charge in [-0.25, -0.2) is 9.97 Å². The molecule has 5 heteroatoms. The summed E-state index contributed by atoms with van der Waals surface area (Å²) in [4.78, 5) is 10.4. The molecular formula is C40H35N3O2. The van der Waals surface area contributed by atoms with Gasteiger partial charge in [0.05, 0.1) is 11.4 Å². The van der Waals surface area contributed by atoms with Crippen molar-refractivity contribution in [3.8, 4) is 45.5 Å². The average Bonchev–Trinajstić information content (AvgIpc) is 3.66. The molecule has 0 spiro atoms. The number of para-hydroxylation sites is 1. The molecule has 8 rings (SSSR count). The van der Waals surface area contributed by atoms with Crippen LogP contribution in [0.15, 0.2) is 102 Å². The molecule has 222 valence electrons. The maximum atomic E-state index is 10.8. The largest absolute Gasteiger partial charge is 0.507 e. The quantitative estimate of drug-likeness (QED) is 0.217. The van der Waals surface area contributed by atoms with Crippen LogP contribution < -0.4 is 0 Å². The number of fused-ring (bicyclic) bond motifs is 6. The fourth-order valence-corrected chi connectivity index (χ4v) is 6.62. The number of phenols is 1. The van der Waals surface area contributed by atoms with Crippen molar-refractivity contribution in [3.63, 3.8) is 0 Å². The summed E-state index contributed by atoms with van der Waals surface area (Å²) in [7, 11) is 0. The van der Waals surface area contributed by atoms with Gasteiger partial charge in [0, 0.05) is 33.8 Å². The molecule has 0 fully saturated rings. The second-order valence-corrected chi connectivity index (χ2v) is 12.8. The van der Waals surface area contributed by atoms with Gasteiger partial charge in [0.1, 0.15) is 28.4 Å². The second kappa shape index (κ2) is 10.5. The maximum absolute atomic E-state index is 10.8. The average molecular weight is 590 g/mol. The third-order valence-corrected chi connectivity index (χ3v) is 9.19. The molecular weight excluding hydrogens is 554 g/mol. The molecule has 0 bridgehead atoms. The van der Waals surface area contributed by atoms with Gasteiger partial charge in [0.25, 0.3) is 0 Å². The van der Waals surface area contributed by atoms with Gasteiger partial charge in [-0.2, -0.15) is 0 Å². The molecule has 0 amide bonds. The van der Waals surface area contributed by atoms with Crippen LogP contribution in [0.25, 0.3) is 61.7 Å². The highest BCUT2D eigenvalue weighted by molar-refractivity contribution is 6.06. The molecule has 4 aromatic carbocycles. The van der Waals surface area contributed by atoms with Gasteiger partial charge in [0.15, 0.2) is 0 Å². The van der Waals surface area contributed by atoms with Gasteiger partial charge in [-0.3, -0.25) is 4.57 Å². The Kier molecular flexibility index (Phi) is 6.38. The van der Waals surface area contributed by atoms with Crippen molar-refractivity contribution in [1.82, 2.24) is 14.5 Å². The summed E-state index contributed by atoms with van der Waals surface area (Å²) in [5, 5.41) is 13.0. The van der Waals surface area contributed by atoms with Crippen LogP contribution in [0.4, 0.5) is 0 Å². The number of hydrogen-bond donors (Lipinski definition) is 1. The molecule has 45 heavy (non-hydrogen) atoms. The lowest BCUT2D eigenvalue weighted by Gasteiger charge is -2.20. The van der Waals surface area contributed by atoms with Crippen molar-refractivity contribution in [1.29, 1.82) is 0 Å². The minimum Gasteiger partial charge on any atom is -0.507 e. The predicted octanol–water partition coefficient (Wildman–Crippen LogP) is 10.2. The van der Waals surface area contributed by atoms with Crippen LogP contribution in [0.1, 0.15) is 61.8 Å². The van der Waals surface area contributed by atoms with Crippen LogP contribution in [-0.4, -0.2) is 19.6 Å². The Morgan fingerprint density at radius 3 is 2.24 bits per heavy atom. The van der Waals surface area contributed by atoms with Gasteiger partial charge in [-0.15, -0.1) is 0 Å². The predicted molar refractivity (Wildman–Crippen MR) is 182 cm³/mol. The van der Waals surface area contributed by atoms with Crippen molar-refractivity contribution < 1.29 is 9.52 Å². The van der Waals surface area contributed by atoms with Crippen molar-refractivity contribution in [3.05, 3.63) is 119 Å². The number of nitrogens with zero attached hydrogens (tertiary/aromatic N) is 3. The molecule has 0 saturated carbocycles. The zero-order valence-electron chi connectivity index (χ0n) is 26.0. The number of aryl methyl sites for hydroxylation is 2. The molecule has 0 saturated heterocycles. The van der Waals surface area contributed by atoms with E-state index in [1.54, 1.807) is 6.07 Å². The molecule has 1 aliphatic carbocycles. The Balaban J connectivity index is 1.35. The van der Waals surface area contributed by atoms with Crippen LogP contribution >= 0.6 is 0 Å². The van der Waals surface area contributed by atoms with Crippen LogP contribution in [-0.2, 0) is 12.8 Å². The van der Waals surface area contributed by atoms with Gasteiger partial charge in [-0.1, -0.05) is 70.2 Å². The van der Waals surface area contributed by atoms with Crippen LogP contribution in [0.3, 0.4) is 0 Å². The summed E-state index contributed by atoms with van der Waals surface area (Å²) in [5.41, 5.74) is 11.9. The van der Waals surface area contributed by atoms with Crippen molar-refractivity contribution in [2.24, 2.45) is 0 Å². The Morgan fingerprint density at radius 2 is 1.44 bits per heavy atom. The molecule has 1 N–H and O–H groups in total. The highest BCUT2D eigenvalue weighted by Crippen LogP contribution is 2.40. The lowest BCUT2D eigenvalue weighted by Crippen LogP contribution is -2.06. The molecule has 3 heterocycles. The number of furan rings is 1. The third kappa shape index (κ3) is 4.62. The minimum absolute atomic E-state index is 0.275. The molecule has 0 aliphatic heterocycles. The zero-order chi connectivity index (χ0) is 30.8. The summed E-state index contributed by atoms with van der Waals surface area (Å²) in [6.07, 6.45) is 3.91. The Morgan fingerprint density at radius 1 is 0.689 bits per heavy atom. The van der Waals surface area contributed by atoms with Crippen molar-refractivity contribution in [2.75, 3.05) is 0 Å². The molecule has 0 atom stereocenters. The van der Waals surface area contributed by atoms with E-state index in [1.807, 2.05) is 30.3 Å². The van der Waals surface area contributed by atoms with Gasteiger partial charge in [0.2, 0.25) is 0 Å². The minimum atomic E-state index is 0.275. The number of aromatic nitrogens is 3. The summed E-state index contributed by atoms with van der Waals surface area (Å²) in [5.74, 6) is 1.89. The Labute approximate surface area is 262 Å². The van der Waals surface area contributed by atoms with Gasteiger partial charge in [-0.05, 0) is 95.5 Å². The van der Waals surface area contributed by atoms with E-state index in [2.05, 4.69) is 93.1 Å². The van der Waals surface area contributed by atoms with Crippen molar-refractivity contribution in [2.45, 2.75) is 52.4 Å². The number of aromatic hydroxyl groups is 1. The first-order chi connectivity index (χ1) is 21.8.